The van der Waals surface area contributed by atoms with Crippen molar-refractivity contribution in [2.75, 3.05) is 7.05 Å². The largest absolute Gasteiger partial charge is 0.416 e. The van der Waals surface area contributed by atoms with Crippen LogP contribution in [0.2, 0.25) is 0 Å². The minimum Gasteiger partial charge on any atom is -0.354 e. The molecule has 1 N–H and O–H groups in total. The molecule has 0 spiro atoms. The van der Waals surface area contributed by atoms with E-state index in [0.29, 0.717) is 23.5 Å². The number of ketones is 1. The molecule has 1 amide bonds. The van der Waals surface area contributed by atoms with Gasteiger partial charge in [-0.2, -0.15) is 13.2 Å². The lowest BCUT2D eigenvalue weighted by Crippen LogP contribution is -2.27. The second-order valence-corrected chi connectivity index (χ2v) is 9.10. The van der Waals surface area contributed by atoms with Crippen molar-refractivity contribution in [1.82, 2.24) is 14.9 Å². The van der Waals surface area contributed by atoms with Gasteiger partial charge >= 0.3 is 6.18 Å². The number of alkyl halides is 3. The lowest BCUT2D eigenvalue weighted by atomic mass is 9.96. The lowest BCUT2D eigenvalue weighted by molar-refractivity contribution is -0.137. The molecule has 9 heteroatoms. The molecule has 0 unspecified atom stereocenters. The zero-order chi connectivity index (χ0) is 27.0. The van der Waals surface area contributed by atoms with Crippen LogP contribution in [0.5, 0.6) is 0 Å². The fourth-order valence-electron chi connectivity index (χ4n) is 4.45. The van der Waals surface area contributed by atoms with E-state index in [-0.39, 0.29) is 23.6 Å². The summed E-state index contributed by atoms with van der Waals surface area (Å²) in [5.74, 6) is -0.642. The number of hydrogen-bond acceptors (Lipinski definition) is 4. The third-order valence-electron chi connectivity index (χ3n) is 6.44. The molecule has 0 saturated heterocycles. The van der Waals surface area contributed by atoms with E-state index < -0.39 is 17.5 Å². The summed E-state index contributed by atoms with van der Waals surface area (Å²) < 4.78 is 42.2. The highest BCUT2D eigenvalue weighted by molar-refractivity contribution is 6.46. The third kappa shape index (κ3) is 5.00. The van der Waals surface area contributed by atoms with Crippen molar-refractivity contribution in [3.63, 3.8) is 0 Å². The first-order valence-corrected chi connectivity index (χ1v) is 11.9. The Kier molecular flexibility index (Phi) is 6.44. The van der Waals surface area contributed by atoms with Crippen LogP contribution in [0, 0.1) is 6.92 Å². The van der Waals surface area contributed by atoms with E-state index in [0.717, 1.165) is 34.4 Å². The van der Waals surface area contributed by atoms with Crippen LogP contribution in [0.1, 0.15) is 38.3 Å². The molecule has 38 heavy (non-hydrogen) atoms. The number of likely N-dealkylation sites (N-methyl/N-ethyl adjacent to an activating group) is 1. The van der Waals surface area contributed by atoms with Gasteiger partial charge < -0.3 is 9.88 Å². The average molecular weight is 517 g/mol. The monoisotopic (exact) mass is 516 g/mol. The molecular formula is C29H23F3N4O2. The van der Waals surface area contributed by atoms with Crippen LogP contribution in [-0.2, 0) is 23.9 Å². The first-order valence-electron chi connectivity index (χ1n) is 11.9. The number of Topliss-reactive ketones (excluding diaryl/α,β-unsaturated/α-hetero) is 1. The minimum absolute atomic E-state index is 0.0178. The summed E-state index contributed by atoms with van der Waals surface area (Å²) in [6.45, 7) is 2.16. The molecule has 192 valence electrons. The summed E-state index contributed by atoms with van der Waals surface area (Å²) in [6, 6.07) is 16.4. The molecule has 2 heterocycles. The zero-order valence-corrected chi connectivity index (χ0v) is 20.6. The Bertz CT molecular complexity index is 1580. The van der Waals surface area contributed by atoms with Crippen LogP contribution < -0.4 is 5.32 Å². The molecule has 0 aliphatic carbocycles. The standard InChI is InChI=1S/C29H23F3N4O2/c1-17-15-36(16-35-17)24-12-21(11-23(13-24)29(30,31)32)26(37)9-18-3-5-19(6-4-18)20-7-8-25-22(10-20)14-34-27(25)28(38)33-2/h3-8,10-13,15-16H,9,14H2,1-2H3,(H,33,38). The Hall–Kier alpha value is -4.53. The van der Waals surface area contributed by atoms with Crippen LogP contribution in [0.4, 0.5) is 13.2 Å². The summed E-state index contributed by atoms with van der Waals surface area (Å²) in [5.41, 5.74) is 4.68. The number of aliphatic imine (C=N–C) groups is 1. The summed E-state index contributed by atoms with van der Waals surface area (Å²) in [5, 5.41) is 2.59. The fraction of sp³-hybridized carbons (Fsp3) is 0.172. The van der Waals surface area contributed by atoms with E-state index in [1.54, 1.807) is 32.3 Å². The normalized spacial score (nSPS) is 12.7. The van der Waals surface area contributed by atoms with E-state index in [9.17, 15) is 22.8 Å². The number of nitrogens with one attached hydrogen (secondary N) is 1. The number of hydrogen-bond donors (Lipinski definition) is 1. The number of benzene rings is 3. The number of aromatic nitrogens is 2. The van der Waals surface area contributed by atoms with Crippen molar-refractivity contribution >= 4 is 17.4 Å². The van der Waals surface area contributed by atoms with E-state index in [1.165, 1.54) is 17.0 Å². The highest BCUT2D eigenvalue weighted by Gasteiger charge is 2.32. The number of carbonyl (C=O) groups is 2. The predicted molar refractivity (Wildman–Crippen MR) is 138 cm³/mol. The van der Waals surface area contributed by atoms with Crippen LogP contribution in [0.15, 0.2) is 78.2 Å². The van der Waals surface area contributed by atoms with Gasteiger partial charge in [0, 0.05) is 36.5 Å². The van der Waals surface area contributed by atoms with Crippen molar-refractivity contribution in [1.29, 1.82) is 0 Å². The highest BCUT2D eigenvalue weighted by Crippen LogP contribution is 2.32. The minimum atomic E-state index is -4.59. The van der Waals surface area contributed by atoms with Gasteiger partial charge in [0.1, 0.15) is 5.71 Å². The van der Waals surface area contributed by atoms with Crippen molar-refractivity contribution in [3.8, 4) is 16.8 Å². The number of nitrogens with zero attached hydrogens (tertiary/aromatic N) is 3. The average Bonchev–Trinajstić information content (AvgIpc) is 3.54. The number of rotatable bonds is 6. The van der Waals surface area contributed by atoms with E-state index in [2.05, 4.69) is 15.3 Å². The van der Waals surface area contributed by atoms with Gasteiger partial charge in [0.15, 0.2) is 5.78 Å². The maximum absolute atomic E-state index is 13.6. The molecular weight excluding hydrogens is 493 g/mol. The molecule has 0 atom stereocenters. The molecule has 4 aromatic rings. The molecule has 0 fully saturated rings. The molecule has 1 aliphatic rings. The highest BCUT2D eigenvalue weighted by atomic mass is 19.4. The SMILES string of the molecule is CNC(=O)C1=NCc2cc(-c3ccc(CC(=O)c4cc(-n5cnc(C)c5)cc(C(F)(F)F)c4)cc3)ccc21. The maximum Gasteiger partial charge on any atom is 0.416 e. The second kappa shape index (κ2) is 9.74. The predicted octanol–water partition coefficient (Wildman–Crippen LogP) is 5.34. The number of aryl methyl sites for hydroxylation is 1. The van der Waals surface area contributed by atoms with Gasteiger partial charge in [-0.15, -0.1) is 0 Å². The molecule has 5 rings (SSSR count). The van der Waals surface area contributed by atoms with Crippen molar-refractivity contribution in [2.24, 2.45) is 4.99 Å². The Balaban J connectivity index is 1.36. The lowest BCUT2D eigenvalue weighted by Gasteiger charge is -2.13. The summed E-state index contributed by atoms with van der Waals surface area (Å²) in [6.07, 6.45) is -1.61. The topological polar surface area (TPSA) is 76.3 Å². The van der Waals surface area contributed by atoms with E-state index >= 15 is 0 Å². The molecule has 0 radical (unpaired) electrons. The maximum atomic E-state index is 13.6. The molecule has 0 saturated carbocycles. The van der Waals surface area contributed by atoms with Gasteiger partial charge in [0.25, 0.3) is 5.91 Å². The fourth-order valence-corrected chi connectivity index (χ4v) is 4.45. The van der Waals surface area contributed by atoms with Crippen LogP contribution in [0.25, 0.3) is 16.8 Å². The Morgan fingerprint density at radius 1 is 1.00 bits per heavy atom. The summed E-state index contributed by atoms with van der Waals surface area (Å²) in [7, 11) is 1.57. The number of imidazole rings is 1. The Morgan fingerprint density at radius 2 is 1.74 bits per heavy atom. The smallest absolute Gasteiger partial charge is 0.354 e. The van der Waals surface area contributed by atoms with Crippen LogP contribution in [0.3, 0.4) is 0 Å². The Morgan fingerprint density at radius 3 is 2.39 bits per heavy atom. The van der Waals surface area contributed by atoms with Gasteiger partial charge in [-0.3, -0.25) is 14.6 Å². The van der Waals surface area contributed by atoms with Gasteiger partial charge in [0.05, 0.1) is 24.1 Å². The molecule has 1 aliphatic heterocycles. The van der Waals surface area contributed by atoms with E-state index in [4.69, 9.17) is 0 Å². The molecule has 3 aromatic carbocycles. The van der Waals surface area contributed by atoms with Crippen LogP contribution in [-0.4, -0.2) is 34.0 Å². The van der Waals surface area contributed by atoms with Crippen molar-refractivity contribution in [2.45, 2.75) is 26.1 Å². The number of amides is 1. The van der Waals surface area contributed by atoms with Gasteiger partial charge in [-0.05, 0) is 53.4 Å². The molecule has 0 bridgehead atoms. The van der Waals surface area contributed by atoms with Crippen molar-refractivity contribution < 1.29 is 22.8 Å². The first-order chi connectivity index (χ1) is 18.1. The first kappa shape index (κ1) is 25.1. The van der Waals surface area contributed by atoms with Gasteiger partial charge in [-0.1, -0.05) is 36.4 Å². The van der Waals surface area contributed by atoms with Gasteiger partial charge in [0.2, 0.25) is 0 Å². The number of fused-ring (bicyclic) bond motifs is 1. The molecule has 6 nitrogen and oxygen atoms in total. The third-order valence-corrected chi connectivity index (χ3v) is 6.44. The summed E-state index contributed by atoms with van der Waals surface area (Å²) >= 11 is 0. The number of halogens is 3. The molecule has 1 aromatic heterocycles. The van der Waals surface area contributed by atoms with E-state index in [1.807, 2.05) is 30.3 Å². The summed E-state index contributed by atoms with van der Waals surface area (Å²) in [4.78, 5) is 33.4. The van der Waals surface area contributed by atoms with Crippen molar-refractivity contribution in [3.05, 3.63) is 107 Å². The Labute approximate surface area is 216 Å². The number of carbonyl (C=O) groups excluding carboxylic acids is 2. The van der Waals surface area contributed by atoms with Crippen LogP contribution >= 0.6 is 0 Å². The van der Waals surface area contributed by atoms with Gasteiger partial charge in [-0.25, -0.2) is 4.98 Å². The quantitative estimate of drug-likeness (QED) is 0.352. The second-order valence-electron chi connectivity index (χ2n) is 9.10. The zero-order valence-electron chi connectivity index (χ0n) is 20.6.